The standard InChI is InChI=1S/C12H9F3N2O2.C3H8/c1-8-4-5-9(7-16-8)17-6-2-3-10(11(17)18)19-12(13,14)15;1-3-2/h2-7H,1H3;3H2,1-2H3. The number of aryl methyl sites for hydroxylation is 1. The summed E-state index contributed by atoms with van der Waals surface area (Å²) in [7, 11) is 0. The molecule has 0 aliphatic heterocycles. The first kappa shape index (κ1) is 17.7. The zero-order chi connectivity index (χ0) is 16.8. The molecule has 0 unspecified atom stereocenters. The van der Waals surface area contributed by atoms with Gasteiger partial charge in [0.05, 0.1) is 11.9 Å². The van der Waals surface area contributed by atoms with E-state index in [2.05, 4.69) is 23.6 Å². The lowest BCUT2D eigenvalue weighted by Crippen LogP contribution is -2.26. The topological polar surface area (TPSA) is 44.1 Å². The molecule has 0 saturated carbocycles. The molecular weight excluding hydrogens is 297 g/mol. The molecule has 0 aromatic carbocycles. The molecule has 0 bridgehead atoms. The highest BCUT2D eigenvalue weighted by Crippen LogP contribution is 2.19. The van der Waals surface area contributed by atoms with Crippen molar-refractivity contribution in [2.45, 2.75) is 33.6 Å². The molecular formula is C15H17F3N2O2. The first-order valence-corrected chi connectivity index (χ1v) is 6.69. The highest BCUT2D eigenvalue weighted by molar-refractivity contribution is 5.32. The summed E-state index contributed by atoms with van der Waals surface area (Å²) in [5.41, 5.74) is 0.202. The van der Waals surface area contributed by atoms with Gasteiger partial charge in [0.25, 0.3) is 5.56 Å². The fourth-order valence-corrected chi connectivity index (χ4v) is 1.48. The van der Waals surface area contributed by atoms with E-state index in [1.807, 2.05) is 0 Å². The minimum Gasteiger partial charge on any atom is -0.400 e. The number of aromatic nitrogens is 2. The third-order valence-electron chi connectivity index (χ3n) is 2.31. The van der Waals surface area contributed by atoms with Crippen molar-refractivity contribution in [1.82, 2.24) is 9.55 Å². The maximum atomic E-state index is 12.1. The molecule has 2 rings (SSSR count). The molecule has 4 nitrogen and oxygen atoms in total. The van der Waals surface area contributed by atoms with Gasteiger partial charge in [-0.15, -0.1) is 13.2 Å². The number of pyridine rings is 2. The zero-order valence-electron chi connectivity index (χ0n) is 12.5. The van der Waals surface area contributed by atoms with Crippen LogP contribution in [0, 0.1) is 6.92 Å². The summed E-state index contributed by atoms with van der Waals surface area (Å²) in [6.45, 7) is 6.01. The number of nitrogens with zero attached hydrogens (tertiary/aromatic N) is 2. The van der Waals surface area contributed by atoms with E-state index in [9.17, 15) is 18.0 Å². The fraction of sp³-hybridized carbons (Fsp3) is 0.333. The highest BCUT2D eigenvalue weighted by atomic mass is 19.4. The van der Waals surface area contributed by atoms with E-state index < -0.39 is 17.7 Å². The number of ether oxygens (including phenoxy) is 1. The minimum atomic E-state index is -4.90. The van der Waals surface area contributed by atoms with Gasteiger partial charge in [-0.05, 0) is 31.2 Å². The summed E-state index contributed by atoms with van der Waals surface area (Å²) in [6, 6.07) is 5.50. The minimum absolute atomic E-state index is 0.364. The van der Waals surface area contributed by atoms with Crippen molar-refractivity contribution in [3.63, 3.8) is 0 Å². The molecule has 0 aliphatic rings. The van der Waals surface area contributed by atoms with Gasteiger partial charge < -0.3 is 4.74 Å². The molecule has 0 N–H and O–H groups in total. The molecule has 0 atom stereocenters. The summed E-state index contributed by atoms with van der Waals surface area (Å²) < 4.78 is 41.1. The van der Waals surface area contributed by atoms with E-state index in [4.69, 9.17) is 0 Å². The quantitative estimate of drug-likeness (QED) is 0.845. The van der Waals surface area contributed by atoms with Crippen LogP contribution in [0.5, 0.6) is 5.75 Å². The molecule has 2 aromatic rings. The molecule has 7 heteroatoms. The molecule has 2 heterocycles. The summed E-state index contributed by atoms with van der Waals surface area (Å²) >= 11 is 0. The average molecular weight is 314 g/mol. The van der Waals surface area contributed by atoms with E-state index in [-0.39, 0.29) is 0 Å². The maximum Gasteiger partial charge on any atom is 0.573 e. The van der Waals surface area contributed by atoms with Crippen molar-refractivity contribution in [1.29, 1.82) is 0 Å². The van der Waals surface area contributed by atoms with Crippen LogP contribution in [0.1, 0.15) is 26.0 Å². The summed E-state index contributed by atoms with van der Waals surface area (Å²) in [5, 5.41) is 0. The van der Waals surface area contributed by atoms with Crippen molar-refractivity contribution in [3.8, 4) is 11.4 Å². The summed E-state index contributed by atoms with van der Waals surface area (Å²) in [5.74, 6) is -0.782. The Morgan fingerprint density at radius 3 is 2.36 bits per heavy atom. The van der Waals surface area contributed by atoms with E-state index in [0.717, 1.165) is 16.3 Å². The Balaban J connectivity index is 0.000000745. The van der Waals surface area contributed by atoms with Crippen molar-refractivity contribution >= 4 is 0 Å². The number of rotatable bonds is 2. The smallest absolute Gasteiger partial charge is 0.400 e. The number of halogens is 3. The van der Waals surface area contributed by atoms with E-state index in [1.165, 1.54) is 24.9 Å². The van der Waals surface area contributed by atoms with Gasteiger partial charge in [0.1, 0.15) is 0 Å². The lowest BCUT2D eigenvalue weighted by atomic mass is 10.3. The lowest BCUT2D eigenvalue weighted by Gasteiger charge is -2.10. The van der Waals surface area contributed by atoms with E-state index in [0.29, 0.717) is 5.69 Å². The molecule has 0 aliphatic carbocycles. The van der Waals surface area contributed by atoms with Crippen LogP contribution < -0.4 is 10.3 Å². The molecule has 0 saturated heterocycles. The second kappa shape index (κ2) is 7.63. The van der Waals surface area contributed by atoms with Gasteiger partial charge in [0.15, 0.2) is 5.75 Å². The number of hydrogen-bond donors (Lipinski definition) is 0. The van der Waals surface area contributed by atoms with Crippen LogP contribution in [0.2, 0.25) is 0 Å². The molecule has 0 fully saturated rings. The van der Waals surface area contributed by atoms with Crippen LogP contribution in [0.25, 0.3) is 5.69 Å². The van der Waals surface area contributed by atoms with Crippen molar-refractivity contribution < 1.29 is 17.9 Å². The van der Waals surface area contributed by atoms with Gasteiger partial charge in [-0.25, -0.2) is 0 Å². The predicted octanol–water partition coefficient (Wildman–Crippen LogP) is 3.86. The molecule has 0 spiro atoms. The third kappa shape index (κ3) is 5.23. The Kier molecular flexibility index (Phi) is 6.15. The largest absolute Gasteiger partial charge is 0.573 e. The van der Waals surface area contributed by atoms with E-state index in [1.54, 1.807) is 19.1 Å². The van der Waals surface area contributed by atoms with E-state index >= 15 is 0 Å². The highest BCUT2D eigenvalue weighted by Gasteiger charge is 2.32. The van der Waals surface area contributed by atoms with Gasteiger partial charge in [-0.1, -0.05) is 20.3 Å². The summed E-state index contributed by atoms with van der Waals surface area (Å²) in [6.07, 6.45) is -0.907. The van der Waals surface area contributed by atoms with Crippen LogP contribution >= 0.6 is 0 Å². The number of alkyl halides is 3. The van der Waals surface area contributed by atoms with Gasteiger partial charge in [-0.3, -0.25) is 14.3 Å². The molecule has 120 valence electrons. The second-order valence-corrected chi connectivity index (χ2v) is 4.46. The SMILES string of the molecule is CCC.Cc1ccc(-n2cccc(OC(F)(F)F)c2=O)cn1. The number of hydrogen-bond acceptors (Lipinski definition) is 3. The molecule has 0 radical (unpaired) electrons. The Hall–Kier alpha value is -2.31. The normalized spacial score (nSPS) is 10.6. The van der Waals surface area contributed by atoms with Gasteiger partial charge in [0, 0.05) is 11.9 Å². The Bertz CT molecular complexity index is 649. The second-order valence-electron chi connectivity index (χ2n) is 4.46. The molecule has 2 aromatic heterocycles. The van der Waals surface area contributed by atoms with Crippen LogP contribution in [0.3, 0.4) is 0 Å². The van der Waals surface area contributed by atoms with Gasteiger partial charge in [-0.2, -0.15) is 0 Å². The van der Waals surface area contributed by atoms with Crippen molar-refractivity contribution in [2.24, 2.45) is 0 Å². The Morgan fingerprint density at radius 2 is 1.86 bits per heavy atom. The average Bonchev–Trinajstić information content (AvgIpc) is 2.42. The van der Waals surface area contributed by atoms with Gasteiger partial charge >= 0.3 is 6.36 Å². The van der Waals surface area contributed by atoms with Crippen LogP contribution in [-0.4, -0.2) is 15.9 Å². The van der Waals surface area contributed by atoms with Crippen LogP contribution in [0.15, 0.2) is 41.5 Å². The fourth-order valence-electron chi connectivity index (χ4n) is 1.48. The molecule has 22 heavy (non-hydrogen) atoms. The lowest BCUT2D eigenvalue weighted by molar-refractivity contribution is -0.275. The monoisotopic (exact) mass is 314 g/mol. The van der Waals surface area contributed by atoms with Crippen molar-refractivity contribution in [2.75, 3.05) is 0 Å². The molecule has 0 amide bonds. The first-order chi connectivity index (χ1) is 10.3. The summed E-state index contributed by atoms with van der Waals surface area (Å²) in [4.78, 5) is 15.8. The van der Waals surface area contributed by atoms with Crippen LogP contribution in [0.4, 0.5) is 13.2 Å². The maximum absolute atomic E-state index is 12.1. The Morgan fingerprint density at radius 1 is 1.23 bits per heavy atom. The van der Waals surface area contributed by atoms with Gasteiger partial charge in [0.2, 0.25) is 0 Å². The predicted molar refractivity (Wildman–Crippen MR) is 77.2 cm³/mol. The Labute approximate surface area is 126 Å². The first-order valence-electron chi connectivity index (χ1n) is 6.69. The zero-order valence-corrected chi connectivity index (χ0v) is 12.5. The van der Waals surface area contributed by atoms with Crippen molar-refractivity contribution in [3.05, 3.63) is 52.7 Å². The third-order valence-corrected chi connectivity index (χ3v) is 2.31. The van der Waals surface area contributed by atoms with Crippen LogP contribution in [-0.2, 0) is 0 Å².